The van der Waals surface area contributed by atoms with Gasteiger partial charge in [-0.05, 0) is 47.9 Å². The third kappa shape index (κ3) is 3.67. The Morgan fingerprint density at radius 1 is 1.16 bits per heavy atom. The summed E-state index contributed by atoms with van der Waals surface area (Å²) in [5, 5.41) is 1.15. The maximum absolute atomic E-state index is 13.2. The van der Waals surface area contributed by atoms with Gasteiger partial charge >= 0.3 is 0 Å². The van der Waals surface area contributed by atoms with Gasteiger partial charge in [-0.15, -0.1) is 0 Å². The second-order valence-corrected chi connectivity index (χ2v) is 5.06. The lowest BCUT2D eigenvalue weighted by Crippen LogP contribution is -2.29. The molecule has 0 aliphatic heterocycles. The van der Waals surface area contributed by atoms with Gasteiger partial charge in [0.1, 0.15) is 5.82 Å². The van der Waals surface area contributed by atoms with Crippen LogP contribution in [0.3, 0.4) is 0 Å². The van der Waals surface area contributed by atoms with Crippen molar-refractivity contribution in [2.45, 2.75) is 12.5 Å². The summed E-state index contributed by atoms with van der Waals surface area (Å²) in [4.78, 5) is 0. The minimum Gasteiger partial charge on any atom is -0.271 e. The van der Waals surface area contributed by atoms with Crippen LogP contribution in [0.2, 0.25) is 10.0 Å². The Bertz CT molecular complexity index is 575. The second kappa shape index (κ2) is 6.35. The molecule has 5 heteroatoms. The van der Waals surface area contributed by atoms with Crippen molar-refractivity contribution in [2.24, 2.45) is 5.84 Å². The van der Waals surface area contributed by atoms with Gasteiger partial charge in [0, 0.05) is 10.0 Å². The van der Waals surface area contributed by atoms with Crippen molar-refractivity contribution in [3.8, 4) is 0 Å². The summed E-state index contributed by atoms with van der Waals surface area (Å²) in [6, 6.07) is 11.5. The lowest BCUT2D eigenvalue weighted by Gasteiger charge is -2.17. The molecule has 2 nitrogen and oxygen atoms in total. The zero-order valence-corrected chi connectivity index (χ0v) is 11.5. The number of nitrogens with two attached hydrogens (primary N) is 1. The van der Waals surface area contributed by atoms with Crippen LogP contribution in [0.1, 0.15) is 17.2 Å². The smallest absolute Gasteiger partial charge is 0.123 e. The Hall–Kier alpha value is -1.13. The van der Waals surface area contributed by atoms with Gasteiger partial charge in [0.25, 0.3) is 0 Å². The van der Waals surface area contributed by atoms with Crippen molar-refractivity contribution in [1.29, 1.82) is 0 Å². The van der Waals surface area contributed by atoms with E-state index in [0.29, 0.717) is 22.0 Å². The standard InChI is InChI=1S/C14H13Cl2FN2/c15-11-3-1-2-9(6-11)14(19-18)8-10-7-12(17)4-5-13(10)16/h1-7,14,19H,8,18H2. The van der Waals surface area contributed by atoms with Crippen LogP contribution in [0.5, 0.6) is 0 Å². The molecule has 19 heavy (non-hydrogen) atoms. The molecule has 2 rings (SSSR count). The molecule has 0 amide bonds. The van der Waals surface area contributed by atoms with E-state index in [4.69, 9.17) is 29.0 Å². The second-order valence-electron chi connectivity index (χ2n) is 4.21. The Balaban J connectivity index is 2.26. The molecule has 0 saturated carbocycles. The lowest BCUT2D eigenvalue weighted by molar-refractivity contribution is 0.548. The van der Waals surface area contributed by atoms with E-state index in [9.17, 15) is 4.39 Å². The Morgan fingerprint density at radius 3 is 2.63 bits per heavy atom. The molecule has 0 aromatic heterocycles. The molecule has 2 aromatic rings. The van der Waals surface area contributed by atoms with Gasteiger partial charge in [0.15, 0.2) is 0 Å². The van der Waals surface area contributed by atoms with Gasteiger partial charge in [0.05, 0.1) is 6.04 Å². The summed E-state index contributed by atoms with van der Waals surface area (Å²) < 4.78 is 13.2. The monoisotopic (exact) mass is 298 g/mol. The van der Waals surface area contributed by atoms with Gasteiger partial charge in [-0.2, -0.15) is 0 Å². The van der Waals surface area contributed by atoms with E-state index in [1.807, 2.05) is 18.2 Å². The summed E-state index contributed by atoms with van der Waals surface area (Å²) in [5.74, 6) is 5.24. The van der Waals surface area contributed by atoms with E-state index >= 15 is 0 Å². The van der Waals surface area contributed by atoms with Crippen LogP contribution in [-0.4, -0.2) is 0 Å². The van der Waals surface area contributed by atoms with E-state index in [1.54, 1.807) is 6.07 Å². The number of hydrazine groups is 1. The fourth-order valence-corrected chi connectivity index (χ4v) is 2.31. The summed E-state index contributed by atoms with van der Waals surface area (Å²) in [5.41, 5.74) is 4.33. The summed E-state index contributed by atoms with van der Waals surface area (Å²) in [7, 11) is 0. The van der Waals surface area contributed by atoms with Crippen molar-refractivity contribution in [1.82, 2.24) is 5.43 Å². The molecule has 100 valence electrons. The molecule has 0 fully saturated rings. The van der Waals surface area contributed by atoms with Crippen LogP contribution in [0.15, 0.2) is 42.5 Å². The molecule has 0 aliphatic carbocycles. The summed E-state index contributed by atoms with van der Waals surface area (Å²) >= 11 is 12.0. The van der Waals surface area contributed by atoms with Crippen molar-refractivity contribution < 1.29 is 4.39 Å². The SMILES string of the molecule is NNC(Cc1cc(F)ccc1Cl)c1cccc(Cl)c1. The molecule has 1 atom stereocenters. The predicted molar refractivity (Wildman–Crippen MR) is 76.6 cm³/mol. The molecule has 3 N–H and O–H groups in total. The largest absolute Gasteiger partial charge is 0.271 e. The first-order chi connectivity index (χ1) is 9.10. The number of nitrogens with one attached hydrogen (secondary N) is 1. The van der Waals surface area contributed by atoms with Crippen LogP contribution in [-0.2, 0) is 6.42 Å². The molecule has 2 aromatic carbocycles. The van der Waals surface area contributed by atoms with E-state index in [2.05, 4.69) is 5.43 Å². The summed E-state index contributed by atoms with van der Waals surface area (Å²) in [6.07, 6.45) is 0.480. The van der Waals surface area contributed by atoms with Crippen LogP contribution in [0.4, 0.5) is 4.39 Å². The molecule has 0 bridgehead atoms. The Labute approximate surface area is 121 Å². The number of hydrogen-bond donors (Lipinski definition) is 2. The molecule has 0 heterocycles. The van der Waals surface area contributed by atoms with Crippen molar-refractivity contribution >= 4 is 23.2 Å². The minimum atomic E-state index is -0.318. The average molecular weight is 299 g/mol. The number of rotatable bonds is 4. The maximum Gasteiger partial charge on any atom is 0.123 e. The highest BCUT2D eigenvalue weighted by Gasteiger charge is 2.13. The van der Waals surface area contributed by atoms with Gasteiger partial charge in [-0.25, -0.2) is 4.39 Å². The van der Waals surface area contributed by atoms with Gasteiger partial charge < -0.3 is 0 Å². The van der Waals surface area contributed by atoms with Gasteiger partial charge in [-0.3, -0.25) is 11.3 Å². The molecular formula is C14H13Cl2FN2. The van der Waals surface area contributed by atoms with Gasteiger partial charge in [0.2, 0.25) is 0 Å². The van der Waals surface area contributed by atoms with E-state index in [-0.39, 0.29) is 11.9 Å². The van der Waals surface area contributed by atoms with Gasteiger partial charge in [-0.1, -0.05) is 35.3 Å². The first kappa shape index (κ1) is 14.3. The highest BCUT2D eigenvalue weighted by Crippen LogP contribution is 2.25. The highest BCUT2D eigenvalue weighted by molar-refractivity contribution is 6.31. The van der Waals surface area contributed by atoms with Crippen molar-refractivity contribution in [2.75, 3.05) is 0 Å². The molecule has 1 unspecified atom stereocenters. The third-order valence-corrected chi connectivity index (χ3v) is 3.49. The first-order valence-corrected chi connectivity index (χ1v) is 6.51. The van der Waals surface area contributed by atoms with Crippen molar-refractivity contribution in [3.63, 3.8) is 0 Å². The minimum absolute atomic E-state index is 0.182. The predicted octanol–water partition coefficient (Wildman–Crippen LogP) is 3.88. The van der Waals surface area contributed by atoms with Crippen LogP contribution >= 0.6 is 23.2 Å². The topological polar surface area (TPSA) is 38.0 Å². The lowest BCUT2D eigenvalue weighted by atomic mass is 9.99. The molecular weight excluding hydrogens is 286 g/mol. The average Bonchev–Trinajstić information content (AvgIpc) is 2.39. The number of benzene rings is 2. The van der Waals surface area contributed by atoms with Crippen LogP contribution in [0, 0.1) is 5.82 Å². The third-order valence-electron chi connectivity index (χ3n) is 2.88. The Kier molecular flexibility index (Phi) is 4.77. The molecule has 0 spiro atoms. The van der Waals surface area contributed by atoms with Crippen LogP contribution < -0.4 is 11.3 Å². The first-order valence-electron chi connectivity index (χ1n) is 5.75. The van der Waals surface area contributed by atoms with Crippen molar-refractivity contribution in [3.05, 3.63) is 69.5 Å². The normalized spacial score (nSPS) is 12.4. The van der Waals surface area contributed by atoms with E-state index < -0.39 is 0 Å². The fourth-order valence-electron chi connectivity index (χ4n) is 1.92. The maximum atomic E-state index is 13.2. The number of halogens is 3. The molecule has 0 aliphatic rings. The van der Waals surface area contributed by atoms with E-state index in [0.717, 1.165) is 5.56 Å². The Morgan fingerprint density at radius 2 is 1.95 bits per heavy atom. The highest BCUT2D eigenvalue weighted by atomic mass is 35.5. The van der Waals surface area contributed by atoms with Crippen LogP contribution in [0.25, 0.3) is 0 Å². The zero-order valence-electron chi connectivity index (χ0n) is 10.0. The fraction of sp³-hybridized carbons (Fsp3) is 0.143. The molecule has 0 saturated heterocycles. The summed E-state index contributed by atoms with van der Waals surface area (Å²) in [6.45, 7) is 0. The number of hydrogen-bond acceptors (Lipinski definition) is 2. The molecule has 0 radical (unpaired) electrons. The quantitative estimate of drug-likeness (QED) is 0.664. The van der Waals surface area contributed by atoms with E-state index in [1.165, 1.54) is 18.2 Å². The zero-order chi connectivity index (χ0) is 13.8.